The number of hydrogen-bond donors (Lipinski definition) is 1. The second-order valence-corrected chi connectivity index (χ2v) is 4.94. The number of amides is 1. The van der Waals surface area contributed by atoms with Gasteiger partial charge in [0.2, 0.25) is 0 Å². The fourth-order valence-electron chi connectivity index (χ4n) is 1.97. The summed E-state index contributed by atoms with van der Waals surface area (Å²) in [6.07, 6.45) is 0. The topological polar surface area (TPSA) is 86.5 Å². The van der Waals surface area contributed by atoms with Gasteiger partial charge in [0.25, 0.3) is 17.7 Å². The number of carbonyl (C=O) groups excluding carboxylic acids is 1. The van der Waals surface area contributed by atoms with E-state index in [1.807, 2.05) is 0 Å². The molecule has 0 aliphatic rings. The number of rotatable bonds is 6. The zero-order chi connectivity index (χ0) is 17.6. The summed E-state index contributed by atoms with van der Waals surface area (Å²) in [4.78, 5) is 15.9. The van der Waals surface area contributed by atoms with Gasteiger partial charge in [0, 0.05) is 5.56 Å². The van der Waals surface area contributed by atoms with E-state index in [-0.39, 0.29) is 24.3 Å². The van der Waals surface area contributed by atoms with Crippen LogP contribution in [0.15, 0.2) is 53.1 Å². The summed E-state index contributed by atoms with van der Waals surface area (Å²) in [7, 11) is 1.57. The Morgan fingerprint density at radius 3 is 2.48 bits per heavy atom. The minimum absolute atomic E-state index is 0.0264. The van der Waals surface area contributed by atoms with Crippen molar-refractivity contribution < 1.29 is 23.2 Å². The van der Waals surface area contributed by atoms with Gasteiger partial charge in [-0.25, -0.2) is 4.39 Å². The second-order valence-electron chi connectivity index (χ2n) is 4.94. The Labute approximate surface area is 142 Å². The molecule has 0 aliphatic carbocycles. The fourth-order valence-corrected chi connectivity index (χ4v) is 1.97. The number of anilines is 1. The third-order valence-electron chi connectivity index (χ3n) is 3.20. The van der Waals surface area contributed by atoms with Gasteiger partial charge in [-0.05, 0) is 53.7 Å². The molecule has 0 unspecified atom stereocenters. The van der Waals surface area contributed by atoms with Crippen LogP contribution in [0.3, 0.4) is 0 Å². The lowest BCUT2D eigenvalue weighted by Crippen LogP contribution is -2.20. The van der Waals surface area contributed by atoms with Crippen molar-refractivity contribution in [1.82, 2.24) is 10.1 Å². The Bertz CT molecular complexity index is 847. The molecule has 3 rings (SSSR count). The van der Waals surface area contributed by atoms with Crippen LogP contribution in [0, 0.1) is 5.82 Å². The molecular weight excluding hydrogens is 329 g/mol. The van der Waals surface area contributed by atoms with Crippen molar-refractivity contribution in [3.8, 4) is 23.0 Å². The third-order valence-corrected chi connectivity index (χ3v) is 3.20. The van der Waals surface area contributed by atoms with Crippen molar-refractivity contribution in [1.29, 1.82) is 0 Å². The minimum Gasteiger partial charge on any atom is -0.497 e. The molecule has 0 saturated heterocycles. The number of benzene rings is 2. The summed E-state index contributed by atoms with van der Waals surface area (Å²) >= 11 is 0. The SMILES string of the molecule is COc1ccc(-c2nc(NC(=O)COc3ccc(F)cc3)no2)cc1. The highest BCUT2D eigenvalue weighted by Crippen LogP contribution is 2.21. The molecule has 8 heteroatoms. The highest BCUT2D eigenvalue weighted by molar-refractivity contribution is 5.90. The van der Waals surface area contributed by atoms with Crippen molar-refractivity contribution in [2.45, 2.75) is 0 Å². The Hall–Kier alpha value is -3.42. The van der Waals surface area contributed by atoms with Crippen molar-refractivity contribution in [2.24, 2.45) is 0 Å². The Morgan fingerprint density at radius 2 is 1.80 bits per heavy atom. The number of methoxy groups -OCH3 is 1. The molecule has 3 aromatic rings. The van der Waals surface area contributed by atoms with Gasteiger partial charge in [-0.15, -0.1) is 0 Å². The number of nitrogens with zero attached hydrogens (tertiary/aromatic N) is 2. The molecule has 128 valence electrons. The minimum atomic E-state index is -0.466. The van der Waals surface area contributed by atoms with Gasteiger partial charge in [-0.2, -0.15) is 4.98 Å². The van der Waals surface area contributed by atoms with Crippen LogP contribution in [0.4, 0.5) is 10.3 Å². The van der Waals surface area contributed by atoms with E-state index in [1.54, 1.807) is 31.4 Å². The van der Waals surface area contributed by atoms with E-state index in [0.29, 0.717) is 17.1 Å². The van der Waals surface area contributed by atoms with Gasteiger partial charge in [-0.3, -0.25) is 10.1 Å². The average Bonchev–Trinajstić information content (AvgIpc) is 3.10. The highest BCUT2D eigenvalue weighted by Gasteiger charge is 2.12. The Morgan fingerprint density at radius 1 is 1.12 bits per heavy atom. The van der Waals surface area contributed by atoms with E-state index >= 15 is 0 Å². The summed E-state index contributed by atoms with van der Waals surface area (Å²) in [5, 5.41) is 6.14. The molecule has 25 heavy (non-hydrogen) atoms. The predicted molar refractivity (Wildman–Crippen MR) is 86.8 cm³/mol. The van der Waals surface area contributed by atoms with Crippen LogP contribution in [0.1, 0.15) is 0 Å². The first-order valence-electron chi connectivity index (χ1n) is 7.30. The van der Waals surface area contributed by atoms with E-state index < -0.39 is 5.91 Å². The van der Waals surface area contributed by atoms with Crippen molar-refractivity contribution in [2.75, 3.05) is 19.0 Å². The Balaban J connectivity index is 1.56. The molecule has 0 atom stereocenters. The maximum absolute atomic E-state index is 12.8. The van der Waals surface area contributed by atoms with E-state index in [4.69, 9.17) is 14.0 Å². The lowest BCUT2D eigenvalue weighted by molar-refractivity contribution is -0.118. The maximum atomic E-state index is 12.8. The lowest BCUT2D eigenvalue weighted by Gasteiger charge is -2.04. The van der Waals surface area contributed by atoms with Crippen molar-refractivity contribution in [3.05, 3.63) is 54.3 Å². The van der Waals surface area contributed by atoms with Crippen LogP contribution in [-0.2, 0) is 4.79 Å². The molecule has 0 spiro atoms. The van der Waals surface area contributed by atoms with Gasteiger partial charge in [0.05, 0.1) is 7.11 Å². The zero-order valence-electron chi connectivity index (χ0n) is 13.2. The van der Waals surface area contributed by atoms with Crippen molar-refractivity contribution in [3.63, 3.8) is 0 Å². The van der Waals surface area contributed by atoms with E-state index in [2.05, 4.69) is 15.5 Å². The molecule has 0 saturated carbocycles. The van der Waals surface area contributed by atoms with Gasteiger partial charge < -0.3 is 14.0 Å². The predicted octanol–water partition coefficient (Wildman–Crippen LogP) is 2.90. The zero-order valence-corrected chi connectivity index (χ0v) is 13.2. The van der Waals surface area contributed by atoms with Crippen molar-refractivity contribution >= 4 is 11.9 Å². The molecule has 1 aromatic heterocycles. The maximum Gasteiger partial charge on any atom is 0.270 e. The van der Waals surface area contributed by atoms with Crippen LogP contribution in [-0.4, -0.2) is 29.8 Å². The Kier molecular flexibility index (Phi) is 4.89. The molecular formula is C17H14FN3O4. The molecule has 0 fully saturated rings. The van der Waals surface area contributed by atoms with Gasteiger partial charge in [0.15, 0.2) is 6.61 Å². The van der Waals surface area contributed by atoms with Gasteiger partial charge in [0.1, 0.15) is 17.3 Å². The number of hydrogen-bond acceptors (Lipinski definition) is 6. The summed E-state index contributed by atoms with van der Waals surface area (Å²) < 4.78 is 28.2. The molecule has 0 aliphatic heterocycles. The number of ether oxygens (including phenoxy) is 2. The first-order chi connectivity index (χ1) is 12.1. The molecule has 7 nitrogen and oxygen atoms in total. The molecule has 1 heterocycles. The van der Waals surface area contributed by atoms with Crippen LogP contribution in [0.5, 0.6) is 11.5 Å². The molecule has 2 aromatic carbocycles. The summed E-state index contributed by atoms with van der Waals surface area (Å²) in [6, 6.07) is 12.4. The lowest BCUT2D eigenvalue weighted by atomic mass is 10.2. The molecule has 1 N–H and O–H groups in total. The normalized spacial score (nSPS) is 10.3. The number of halogens is 1. The summed E-state index contributed by atoms with van der Waals surface area (Å²) in [5.41, 5.74) is 0.691. The second kappa shape index (κ2) is 7.43. The molecule has 0 bridgehead atoms. The van der Waals surface area contributed by atoms with E-state index in [0.717, 1.165) is 0 Å². The first kappa shape index (κ1) is 16.4. The largest absolute Gasteiger partial charge is 0.497 e. The fraction of sp³-hybridized carbons (Fsp3) is 0.118. The van der Waals surface area contributed by atoms with Crippen LogP contribution in [0.25, 0.3) is 11.5 Å². The number of aromatic nitrogens is 2. The third kappa shape index (κ3) is 4.31. The van der Waals surface area contributed by atoms with Gasteiger partial charge in [-0.1, -0.05) is 0 Å². The van der Waals surface area contributed by atoms with Crippen LogP contribution in [0.2, 0.25) is 0 Å². The molecule has 0 radical (unpaired) electrons. The smallest absolute Gasteiger partial charge is 0.270 e. The average molecular weight is 343 g/mol. The highest BCUT2D eigenvalue weighted by atomic mass is 19.1. The van der Waals surface area contributed by atoms with Crippen LogP contribution < -0.4 is 14.8 Å². The quantitative estimate of drug-likeness (QED) is 0.740. The standard InChI is InChI=1S/C17H14FN3O4/c1-23-13-6-2-11(3-7-13)16-20-17(21-25-16)19-15(22)10-24-14-8-4-12(18)5-9-14/h2-9H,10H2,1H3,(H,19,21,22). The molecule has 1 amide bonds. The number of nitrogens with one attached hydrogen (secondary N) is 1. The van der Waals surface area contributed by atoms with E-state index in [1.165, 1.54) is 24.3 Å². The first-order valence-corrected chi connectivity index (χ1v) is 7.30. The van der Waals surface area contributed by atoms with E-state index in [9.17, 15) is 9.18 Å². The number of carbonyl (C=O) groups is 1. The monoisotopic (exact) mass is 343 g/mol. The van der Waals surface area contributed by atoms with Gasteiger partial charge >= 0.3 is 0 Å². The summed E-state index contributed by atoms with van der Waals surface area (Å²) in [5.74, 6) is 0.523. The summed E-state index contributed by atoms with van der Waals surface area (Å²) in [6.45, 7) is -0.266. The van der Waals surface area contributed by atoms with Crippen LogP contribution >= 0.6 is 0 Å².